The van der Waals surface area contributed by atoms with Crippen LogP contribution < -0.4 is 5.32 Å². The Morgan fingerprint density at radius 1 is 1.15 bits per heavy atom. The summed E-state index contributed by atoms with van der Waals surface area (Å²) in [6.45, 7) is 2.01. The molecule has 0 radical (unpaired) electrons. The first-order valence-electron chi connectivity index (χ1n) is 7.79. The van der Waals surface area contributed by atoms with E-state index in [9.17, 15) is 4.39 Å². The van der Waals surface area contributed by atoms with Gasteiger partial charge >= 0.3 is 0 Å². The molecule has 0 aromatic heterocycles. The maximum atomic E-state index is 12.9. The summed E-state index contributed by atoms with van der Waals surface area (Å²) in [5.74, 6) is 0.573. The van der Waals surface area contributed by atoms with Crippen LogP contribution in [0.2, 0.25) is 0 Å². The van der Waals surface area contributed by atoms with Crippen LogP contribution in [0.1, 0.15) is 37.7 Å². The van der Waals surface area contributed by atoms with Gasteiger partial charge in [-0.05, 0) is 50.6 Å². The summed E-state index contributed by atoms with van der Waals surface area (Å²) in [6, 6.07) is 7.51. The fourth-order valence-electron chi connectivity index (χ4n) is 3.35. The number of nitrogens with zero attached hydrogens (tertiary/aromatic N) is 1. The molecule has 2 atom stereocenters. The average molecular weight is 278 g/mol. The summed E-state index contributed by atoms with van der Waals surface area (Å²) in [4.78, 5) is 2.37. The molecule has 1 aromatic rings. The van der Waals surface area contributed by atoms with Crippen LogP contribution in [0, 0.1) is 11.7 Å². The van der Waals surface area contributed by atoms with E-state index in [1.54, 1.807) is 12.1 Å². The number of nitrogens with one attached hydrogen (secondary N) is 1. The van der Waals surface area contributed by atoms with Crippen LogP contribution in [0.15, 0.2) is 24.3 Å². The molecule has 0 spiro atoms. The van der Waals surface area contributed by atoms with E-state index in [4.69, 9.17) is 0 Å². The van der Waals surface area contributed by atoms with Gasteiger partial charge in [0.25, 0.3) is 0 Å². The highest BCUT2D eigenvalue weighted by molar-refractivity contribution is 5.15. The maximum Gasteiger partial charge on any atom is 0.123 e. The van der Waals surface area contributed by atoms with Gasteiger partial charge in [-0.3, -0.25) is 0 Å². The van der Waals surface area contributed by atoms with E-state index in [0.29, 0.717) is 6.04 Å². The van der Waals surface area contributed by atoms with Crippen molar-refractivity contribution >= 4 is 0 Å². The van der Waals surface area contributed by atoms with Crippen molar-refractivity contribution in [2.24, 2.45) is 5.92 Å². The fraction of sp³-hybridized carbons (Fsp3) is 0.647. The predicted molar refractivity (Wildman–Crippen MR) is 82.2 cm³/mol. The first-order valence-corrected chi connectivity index (χ1v) is 7.79. The minimum absolute atomic E-state index is 0.157. The molecule has 0 heterocycles. The zero-order valence-corrected chi connectivity index (χ0v) is 12.7. The van der Waals surface area contributed by atoms with Gasteiger partial charge in [0, 0.05) is 19.1 Å². The zero-order chi connectivity index (χ0) is 14.4. The zero-order valence-electron chi connectivity index (χ0n) is 12.7. The van der Waals surface area contributed by atoms with E-state index in [2.05, 4.69) is 24.3 Å². The Balaban J connectivity index is 1.88. The molecule has 20 heavy (non-hydrogen) atoms. The van der Waals surface area contributed by atoms with Gasteiger partial charge < -0.3 is 10.2 Å². The monoisotopic (exact) mass is 278 g/mol. The standard InChI is InChI=1S/C17H27FN2/c1-19-17-7-5-3-4-6-15(17)13-20(2)12-14-8-10-16(18)11-9-14/h8-11,15,17,19H,3-7,12-13H2,1-2H3. The van der Waals surface area contributed by atoms with Gasteiger partial charge in [0.05, 0.1) is 0 Å². The van der Waals surface area contributed by atoms with E-state index in [1.165, 1.54) is 37.7 Å². The van der Waals surface area contributed by atoms with Crippen molar-refractivity contribution < 1.29 is 4.39 Å². The van der Waals surface area contributed by atoms with Crippen molar-refractivity contribution in [2.75, 3.05) is 20.6 Å². The molecule has 1 aliphatic rings. The molecule has 0 bridgehead atoms. The van der Waals surface area contributed by atoms with Gasteiger partial charge in [-0.15, -0.1) is 0 Å². The van der Waals surface area contributed by atoms with Crippen LogP contribution in [0.25, 0.3) is 0 Å². The largest absolute Gasteiger partial charge is 0.317 e. The summed E-state index contributed by atoms with van der Waals surface area (Å²) < 4.78 is 12.9. The molecule has 0 aliphatic heterocycles. The van der Waals surface area contributed by atoms with E-state index in [0.717, 1.165) is 19.0 Å². The molecule has 1 aliphatic carbocycles. The molecule has 1 fully saturated rings. The van der Waals surface area contributed by atoms with Crippen LogP contribution in [-0.4, -0.2) is 31.6 Å². The summed E-state index contributed by atoms with van der Waals surface area (Å²) in [5.41, 5.74) is 1.18. The van der Waals surface area contributed by atoms with Gasteiger partial charge in [0.15, 0.2) is 0 Å². The van der Waals surface area contributed by atoms with Crippen LogP contribution in [0.4, 0.5) is 4.39 Å². The van der Waals surface area contributed by atoms with Crippen molar-refractivity contribution in [2.45, 2.75) is 44.7 Å². The Labute approximate surface area is 122 Å². The highest BCUT2D eigenvalue weighted by Gasteiger charge is 2.23. The molecule has 1 saturated carbocycles. The lowest BCUT2D eigenvalue weighted by Gasteiger charge is -2.29. The first-order chi connectivity index (χ1) is 9.69. The quantitative estimate of drug-likeness (QED) is 0.830. The van der Waals surface area contributed by atoms with Gasteiger partial charge in [-0.25, -0.2) is 4.39 Å². The molecule has 1 aromatic carbocycles. The highest BCUT2D eigenvalue weighted by Crippen LogP contribution is 2.24. The molecule has 2 unspecified atom stereocenters. The van der Waals surface area contributed by atoms with Gasteiger partial charge in [-0.2, -0.15) is 0 Å². The van der Waals surface area contributed by atoms with Gasteiger partial charge in [0.2, 0.25) is 0 Å². The van der Waals surface area contributed by atoms with Crippen LogP contribution in [-0.2, 0) is 6.54 Å². The number of hydrogen-bond donors (Lipinski definition) is 1. The minimum atomic E-state index is -0.157. The van der Waals surface area contributed by atoms with Gasteiger partial charge in [0.1, 0.15) is 5.82 Å². The van der Waals surface area contributed by atoms with Crippen molar-refractivity contribution in [1.29, 1.82) is 0 Å². The summed E-state index contributed by atoms with van der Waals surface area (Å²) >= 11 is 0. The molecule has 3 heteroatoms. The number of hydrogen-bond acceptors (Lipinski definition) is 2. The third kappa shape index (κ3) is 4.57. The number of benzene rings is 1. The second-order valence-electron chi connectivity index (χ2n) is 6.12. The van der Waals surface area contributed by atoms with E-state index >= 15 is 0 Å². The smallest absolute Gasteiger partial charge is 0.123 e. The van der Waals surface area contributed by atoms with Crippen LogP contribution >= 0.6 is 0 Å². The Kier molecular flexibility index (Phi) is 5.99. The van der Waals surface area contributed by atoms with E-state index in [-0.39, 0.29) is 5.82 Å². The van der Waals surface area contributed by atoms with Crippen molar-refractivity contribution in [3.8, 4) is 0 Å². The second kappa shape index (κ2) is 7.75. The Hall–Kier alpha value is -0.930. The van der Waals surface area contributed by atoms with E-state index < -0.39 is 0 Å². The lowest BCUT2D eigenvalue weighted by molar-refractivity contribution is 0.223. The molecular formula is C17H27FN2. The van der Waals surface area contributed by atoms with Crippen molar-refractivity contribution in [1.82, 2.24) is 10.2 Å². The molecule has 112 valence electrons. The van der Waals surface area contributed by atoms with Gasteiger partial charge in [-0.1, -0.05) is 31.4 Å². The Bertz CT molecular complexity index is 390. The number of halogens is 1. The molecule has 2 rings (SSSR count). The third-order valence-electron chi connectivity index (χ3n) is 4.44. The lowest BCUT2D eigenvalue weighted by Crippen LogP contribution is -2.39. The Morgan fingerprint density at radius 2 is 1.85 bits per heavy atom. The Morgan fingerprint density at radius 3 is 2.55 bits per heavy atom. The molecule has 0 saturated heterocycles. The summed E-state index contributed by atoms with van der Waals surface area (Å²) in [6.07, 6.45) is 6.69. The van der Waals surface area contributed by atoms with Crippen LogP contribution in [0.3, 0.4) is 0 Å². The molecule has 1 N–H and O–H groups in total. The molecule has 2 nitrogen and oxygen atoms in total. The second-order valence-corrected chi connectivity index (χ2v) is 6.12. The molecule has 0 amide bonds. The first kappa shape index (κ1) is 15.5. The highest BCUT2D eigenvalue weighted by atomic mass is 19.1. The summed E-state index contributed by atoms with van der Waals surface area (Å²) in [7, 11) is 4.25. The normalized spacial score (nSPS) is 23.8. The average Bonchev–Trinajstić information content (AvgIpc) is 2.66. The lowest BCUT2D eigenvalue weighted by atomic mass is 9.94. The SMILES string of the molecule is CNC1CCCCCC1CN(C)Cc1ccc(F)cc1. The van der Waals surface area contributed by atoms with E-state index in [1.807, 2.05) is 12.1 Å². The van der Waals surface area contributed by atoms with Crippen molar-refractivity contribution in [3.63, 3.8) is 0 Å². The van der Waals surface area contributed by atoms with Crippen LogP contribution in [0.5, 0.6) is 0 Å². The minimum Gasteiger partial charge on any atom is -0.317 e. The maximum absolute atomic E-state index is 12.9. The summed E-state index contributed by atoms with van der Waals surface area (Å²) in [5, 5.41) is 3.49. The number of rotatable bonds is 5. The van der Waals surface area contributed by atoms with Crippen molar-refractivity contribution in [3.05, 3.63) is 35.6 Å². The molecular weight excluding hydrogens is 251 g/mol. The fourth-order valence-corrected chi connectivity index (χ4v) is 3.35. The topological polar surface area (TPSA) is 15.3 Å². The third-order valence-corrected chi connectivity index (χ3v) is 4.44. The predicted octanol–water partition coefficient (Wildman–Crippen LogP) is 3.43.